The standard InChI is InChI=1S/C25H42N2O6S3/c1-2-3-4-5-6-7-8-9-10-11-12-13-14-15-19-34-25-26-23-17-16-22(36(31,32)33)21-24(23)27(25)18-20-35(28,29)30/h16-17,21H,2-15,18-20H2,1H3,(H,28,29,30)(H,31,32,33). The molecule has 36 heavy (non-hydrogen) atoms. The summed E-state index contributed by atoms with van der Waals surface area (Å²) in [4.78, 5) is 4.23. The Kier molecular flexibility index (Phi) is 13.8. The zero-order chi connectivity index (χ0) is 26.4. The van der Waals surface area contributed by atoms with E-state index >= 15 is 0 Å². The van der Waals surface area contributed by atoms with E-state index in [1.54, 1.807) is 4.57 Å². The second-order valence-corrected chi connectivity index (χ2v) is 13.5. The fourth-order valence-electron chi connectivity index (χ4n) is 4.23. The highest BCUT2D eigenvalue weighted by atomic mass is 32.2. The maximum absolute atomic E-state index is 11.5. The van der Waals surface area contributed by atoms with Gasteiger partial charge in [-0.3, -0.25) is 9.11 Å². The first-order chi connectivity index (χ1) is 17.1. The summed E-state index contributed by atoms with van der Waals surface area (Å²) < 4.78 is 65.7. The first-order valence-corrected chi connectivity index (χ1v) is 17.2. The second kappa shape index (κ2) is 16.0. The Morgan fingerprint density at radius 1 is 0.806 bits per heavy atom. The van der Waals surface area contributed by atoms with Crippen molar-refractivity contribution in [3.63, 3.8) is 0 Å². The molecule has 2 N–H and O–H groups in total. The van der Waals surface area contributed by atoms with E-state index in [4.69, 9.17) is 0 Å². The van der Waals surface area contributed by atoms with Crippen LogP contribution in [-0.2, 0) is 26.8 Å². The highest BCUT2D eigenvalue weighted by molar-refractivity contribution is 7.99. The third kappa shape index (κ3) is 11.9. The SMILES string of the molecule is CCCCCCCCCCCCCCCCSc1nc2ccc(S(=O)(=O)O)cc2n1CCS(=O)(=O)O. The lowest BCUT2D eigenvalue weighted by atomic mass is 10.0. The molecular formula is C25H42N2O6S3. The first-order valence-electron chi connectivity index (χ1n) is 13.2. The third-order valence-corrected chi connectivity index (χ3v) is 8.90. The Labute approximate surface area is 221 Å². The molecule has 0 spiro atoms. The van der Waals surface area contributed by atoms with Gasteiger partial charge in [-0.2, -0.15) is 16.8 Å². The third-order valence-electron chi connectivity index (χ3n) is 6.28. The number of rotatable bonds is 20. The van der Waals surface area contributed by atoms with Crippen LogP contribution in [0.5, 0.6) is 0 Å². The molecule has 0 aliphatic heterocycles. The van der Waals surface area contributed by atoms with Gasteiger partial charge in [0.25, 0.3) is 20.2 Å². The molecule has 0 aliphatic carbocycles. The first kappa shape index (κ1) is 31.1. The summed E-state index contributed by atoms with van der Waals surface area (Å²) >= 11 is 1.48. The lowest BCUT2D eigenvalue weighted by Crippen LogP contribution is -2.12. The van der Waals surface area contributed by atoms with Gasteiger partial charge in [-0.05, 0) is 24.6 Å². The number of aryl methyl sites for hydroxylation is 1. The van der Waals surface area contributed by atoms with E-state index in [0.29, 0.717) is 16.2 Å². The number of hydrogen-bond donors (Lipinski definition) is 2. The van der Waals surface area contributed by atoms with Gasteiger partial charge < -0.3 is 4.57 Å². The van der Waals surface area contributed by atoms with Crippen molar-refractivity contribution in [2.75, 3.05) is 11.5 Å². The fourth-order valence-corrected chi connectivity index (χ4v) is 6.19. The van der Waals surface area contributed by atoms with Crippen LogP contribution in [0.3, 0.4) is 0 Å². The maximum Gasteiger partial charge on any atom is 0.294 e. The van der Waals surface area contributed by atoms with E-state index in [9.17, 15) is 25.9 Å². The number of aromatic nitrogens is 2. The van der Waals surface area contributed by atoms with Crippen molar-refractivity contribution < 1.29 is 25.9 Å². The normalized spacial score (nSPS) is 12.5. The Morgan fingerprint density at radius 3 is 1.83 bits per heavy atom. The van der Waals surface area contributed by atoms with Crippen molar-refractivity contribution in [3.05, 3.63) is 18.2 Å². The predicted molar refractivity (Wildman–Crippen MR) is 147 cm³/mol. The number of fused-ring (bicyclic) bond motifs is 1. The molecular weight excluding hydrogens is 520 g/mol. The average molecular weight is 563 g/mol. The van der Waals surface area contributed by atoms with Crippen molar-refractivity contribution in [2.24, 2.45) is 0 Å². The zero-order valence-electron chi connectivity index (χ0n) is 21.4. The van der Waals surface area contributed by atoms with E-state index in [1.165, 1.54) is 107 Å². The molecule has 0 bridgehead atoms. The minimum absolute atomic E-state index is 0.0642. The minimum atomic E-state index is -4.40. The number of imidazole rings is 1. The van der Waals surface area contributed by atoms with E-state index in [1.807, 2.05) is 0 Å². The summed E-state index contributed by atoms with van der Waals surface area (Å²) in [6.45, 7) is 2.19. The summed E-state index contributed by atoms with van der Waals surface area (Å²) in [5, 5.41) is 0.566. The lowest BCUT2D eigenvalue weighted by Gasteiger charge is -2.08. The van der Waals surface area contributed by atoms with Gasteiger partial charge in [0.1, 0.15) is 0 Å². The summed E-state index contributed by atoms with van der Waals surface area (Å²) in [5.74, 6) is 0.291. The molecule has 2 rings (SSSR count). The summed E-state index contributed by atoms with van der Waals surface area (Å²) in [5.41, 5.74) is 0.901. The highest BCUT2D eigenvalue weighted by Crippen LogP contribution is 2.27. The fraction of sp³-hybridized carbons (Fsp3) is 0.720. The molecule has 0 amide bonds. The van der Waals surface area contributed by atoms with Crippen LogP contribution in [0.25, 0.3) is 11.0 Å². The smallest absolute Gasteiger partial charge is 0.294 e. The van der Waals surface area contributed by atoms with Crippen molar-refractivity contribution in [1.29, 1.82) is 0 Å². The molecule has 8 nitrogen and oxygen atoms in total. The molecule has 0 radical (unpaired) electrons. The lowest BCUT2D eigenvalue weighted by molar-refractivity contribution is 0.476. The van der Waals surface area contributed by atoms with Crippen molar-refractivity contribution >= 4 is 43.0 Å². The van der Waals surface area contributed by atoms with Gasteiger partial charge in [-0.15, -0.1) is 0 Å². The van der Waals surface area contributed by atoms with Gasteiger partial charge in [0.05, 0.1) is 21.7 Å². The quantitative estimate of drug-likeness (QED) is 0.103. The molecule has 1 aromatic heterocycles. The minimum Gasteiger partial charge on any atom is -0.318 e. The molecule has 2 aromatic rings. The molecule has 1 aromatic carbocycles. The van der Waals surface area contributed by atoms with Gasteiger partial charge in [0.2, 0.25) is 0 Å². The number of hydrogen-bond acceptors (Lipinski definition) is 6. The van der Waals surface area contributed by atoms with Crippen LogP contribution in [0.4, 0.5) is 0 Å². The van der Waals surface area contributed by atoms with E-state index in [2.05, 4.69) is 11.9 Å². The van der Waals surface area contributed by atoms with Crippen LogP contribution in [0.2, 0.25) is 0 Å². The maximum atomic E-state index is 11.5. The molecule has 0 unspecified atom stereocenters. The van der Waals surface area contributed by atoms with E-state index in [-0.39, 0.29) is 11.4 Å². The van der Waals surface area contributed by atoms with Crippen LogP contribution in [-0.4, -0.2) is 47.0 Å². The zero-order valence-corrected chi connectivity index (χ0v) is 23.8. The summed E-state index contributed by atoms with van der Waals surface area (Å²) in [6, 6.07) is 4.02. The Bertz CT molecular complexity index is 1130. The average Bonchev–Trinajstić information content (AvgIpc) is 3.15. The Hall–Kier alpha value is -1.14. The van der Waals surface area contributed by atoms with Gasteiger partial charge in [-0.25, -0.2) is 4.98 Å². The van der Waals surface area contributed by atoms with Crippen molar-refractivity contribution in [1.82, 2.24) is 9.55 Å². The summed E-state index contributed by atoms with van der Waals surface area (Å²) in [7, 11) is -8.60. The second-order valence-electron chi connectivity index (χ2n) is 9.40. The number of thioether (sulfide) groups is 1. The molecule has 0 atom stereocenters. The van der Waals surface area contributed by atoms with Crippen LogP contribution < -0.4 is 0 Å². The van der Waals surface area contributed by atoms with Gasteiger partial charge in [-0.1, -0.05) is 102 Å². The summed E-state index contributed by atoms with van der Waals surface area (Å²) in [6.07, 6.45) is 18.0. The molecule has 0 aliphatic rings. The largest absolute Gasteiger partial charge is 0.318 e. The Morgan fingerprint density at radius 2 is 1.33 bits per heavy atom. The topological polar surface area (TPSA) is 127 Å². The van der Waals surface area contributed by atoms with Gasteiger partial charge >= 0.3 is 0 Å². The van der Waals surface area contributed by atoms with Gasteiger partial charge in [0, 0.05) is 12.3 Å². The monoisotopic (exact) mass is 562 g/mol. The number of nitrogens with zero attached hydrogens (tertiary/aromatic N) is 2. The predicted octanol–water partition coefficient (Wildman–Crippen LogP) is 6.74. The number of unbranched alkanes of at least 4 members (excludes halogenated alkanes) is 13. The van der Waals surface area contributed by atoms with E-state index < -0.39 is 26.0 Å². The highest BCUT2D eigenvalue weighted by Gasteiger charge is 2.17. The Balaban J connectivity index is 1.74. The van der Waals surface area contributed by atoms with Gasteiger partial charge in [0.15, 0.2) is 5.16 Å². The molecule has 0 fully saturated rings. The molecule has 0 saturated heterocycles. The molecule has 206 valence electrons. The van der Waals surface area contributed by atoms with Crippen LogP contribution in [0.15, 0.2) is 28.3 Å². The molecule has 1 heterocycles. The molecule has 11 heteroatoms. The van der Waals surface area contributed by atoms with Crippen molar-refractivity contribution in [2.45, 2.75) is 113 Å². The van der Waals surface area contributed by atoms with Crippen LogP contribution in [0, 0.1) is 0 Å². The molecule has 0 saturated carbocycles. The van der Waals surface area contributed by atoms with Crippen LogP contribution >= 0.6 is 11.8 Å². The number of benzene rings is 1. The van der Waals surface area contributed by atoms with E-state index in [0.717, 1.165) is 18.6 Å². The van der Waals surface area contributed by atoms with Crippen LogP contribution in [0.1, 0.15) is 96.8 Å². The van der Waals surface area contributed by atoms with Crippen molar-refractivity contribution in [3.8, 4) is 0 Å².